The minimum absolute atomic E-state index is 0.0262. The predicted octanol–water partition coefficient (Wildman–Crippen LogP) is 0.324. The molecule has 0 aromatic rings. The minimum Gasteiger partial charge on any atom is -0.480 e. The fourth-order valence-corrected chi connectivity index (χ4v) is 0.703. The van der Waals surface area contributed by atoms with Gasteiger partial charge in [-0.05, 0) is 6.42 Å². The first-order valence-electron chi connectivity index (χ1n) is 3.69. The Morgan fingerprint density at radius 1 is 1.58 bits per heavy atom. The Bertz CT molecular complexity index is 189. The molecule has 0 spiro atoms. The zero-order chi connectivity index (χ0) is 9.56. The summed E-state index contributed by atoms with van der Waals surface area (Å²) in [5.74, 6) is -1.09. The number of ketones is 1. The van der Waals surface area contributed by atoms with Crippen LogP contribution in [0.4, 0.5) is 0 Å². The van der Waals surface area contributed by atoms with Gasteiger partial charge in [-0.3, -0.25) is 9.59 Å². The Balaban J connectivity index is 3.60. The van der Waals surface area contributed by atoms with Crippen LogP contribution in [0.2, 0.25) is 0 Å². The van der Waals surface area contributed by atoms with Crippen LogP contribution in [-0.4, -0.2) is 22.9 Å². The number of Topliss-reactive ketones (excluding diaryl/α,β-unsaturated/α-hetero) is 1. The molecule has 0 saturated carbocycles. The average Bonchev–Trinajstić information content (AvgIpc) is 2.00. The lowest BCUT2D eigenvalue weighted by Gasteiger charge is -2.03. The van der Waals surface area contributed by atoms with E-state index in [4.69, 9.17) is 10.8 Å². The van der Waals surface area contributed by atoms with Gasteiger partial charge in [0.25, 0.3) is 0 Å². The molecule has 0 aromatic carbocycles. The van der Waals surface area contributed by atoms with Crippen LogP contribution in [0, 0.1) is 0 Å². The first-order chi connectivity index (χ1) is 5.57. The zero-order valence-electron chi connectivity index (χ0n) is 6.82. The average molecular weight is 171 g/mol. The van der Waals surface area contributed by atoms with Crippen LogP contribution in [0.1, 0.15) is 19.3 Å². The highest BCUT2D eigenvalue weighted by Gasteiger charge is 2.12. The topological polar surface area (TPSA) is 80.4 Å². The maximum atomic E-state index is 10.9. The highest BCUT2D eigenvalue weighted by molar-refractivity contribution is 5.81. The smallest absolute Gasteiger partial charge is 0.320 e. The quantitative estimate of drug-likeness (QED) is 0.564. The van der Waals surface area contributed by atoms with Gasteiger partial charge >= 0.3 is 5.97 Å². The van der Waals surface area contributed by atoms with Gasteiger partial charge in [0.2, 0.25) is 0 Å². The normalized spacial score (nSPS) is 12.1. The summed E-state index contributed by atoms with van der Waals surface area (Å²) < 4.78 is 0. The van der Waals surface area contributed by atoms with Gasteiger partial charge < -0.3 is 10.8 Å². The Kier molecular flexibility index (Phi) is 4.96. The van der Waals surface area contributed by atoms with Crippen molar-refractivity contribution in [2.45, 2.75) is 25.3 Å². The number of hydrogen-bond donors (Lipinski definition) is 2. The number of carboxylic acids is 1. The fourth-order valence-electron chi connectivity index (χ4n) is 0.703. The van der Waals surface area contributed by atoms with Crippen molar-refractivity contribution in [1.29, 1.82) is 0 Å². The van der Waals surface area contributed by atoms with E-state index in [-0.39, 0.29) is 25.0 Å². The van der Waals surface area contributed by atoms with E-state index >= 15 is 0 Å². The summed E-state index contributed by atoms with van der Waals surface area (Å²) in [7, 11) is 0. The molecular weight excluding hydrogens is 158 g/mol. The molecule has 4 nitrogen and oxygen atoms in total. The number of rotatable bonds is 6. The van der Waals surface area contributed by atoms with Crippen molar-refractivity contribution in [3.05, 3.63) is 12.7 Å². The second-order valence-corrected chi connectivity index (χ2v) is 2.51. The van der Waals surface area contributed by atoms with Gasteiger partial charge in [0, 0.05) is 12.8 Å². The molecule has 0 fully saturated rings. The first kappa shape index (κ1) is 10.8. The molecule has 0 amide bonds. The Labute approximate surface area is 71.1 Å². The maximum absolute atomic E-state index is 10.9. The fraction of sp³-hybridized carbons (Fsp3) is 0.500. The molecule has 0 aliphatic carbocycles. The van der Waals surface area contributed by atoms with E-state index in [9.17, 15) is 9.59 Å². The van der Waals surface area contributed by atoms with Crippen LogP contribution in [0.15, 0.2) is 12.7 Å². The number of hydrogen-bond acceptors (Lipinski definition) is 3. The van der Waals surface area contributed by atoms with E-state index in [2.05, 4.69) is 6.58 Å². The lowest BCUT2D eigenvalue weighted by atomic mass is 10.1. The van der Waals surface area contributed by atoms with Crippen molar-refractivity contribution >= 4 is 11.8 Å². The summed E-state index contributed by atoms with van der Waals surface area (Å²) in [5.41, 5.74) is 5.18. The molecule has 3 N–H and O–H groups in total. The standard InChI is InChI=1S/C8H13NO3/c1-2-3-6(10)4-5-7(9)8(11)12/h2,7H,1,3-5,9H2,(H,11,12)/t7-/m0/s1. The zero-order valence-corrected chi connectivity index (χ0v) is 6.82. The van der Waals surface area contributed by atoms with Crippen molar-refractivity contribution in [1.82, 2.24) is 0 Å². The van der Waals surface area contributed by atoms with Gasteiger partial charge in [-0.25, -0.2) is 0 Å². The van der Waals surface area contributed by atoms with Crippen LogP contribution in [0.25, 0.3) is 0 Å². The molecule has 0 saturated heterocycles. The van der Waals surface area contributed by atoms with Crippen LogP contribution in [0.5, 0.6) is 0 Å². The summed E-state index contributed by atoms with van der Waals surface area (Å²) >= 11 is 0. The number of allylic oxidation sites excluding steroid dienone is 1. The van der Waals surface area contributed by atoms with Crippen molar-refractivity contribution in [2.24, 2.45) is 5.73 Å². The van der Waals surface area contributed by atoms with Crippen molar-refractivity contribution in [3.8, 4) is 0 Å². The number of carboxylic acid groups (broad SMARTS) is 1. The van der Waals surface area contributed by atoms with Gasteiger partial charge in [-0.15, -0.1) is 6.58 Å². The lowest BCUT2D eigenvalue weighted by Crippen LogP contribution is -2.30. The number of carbonyl (C=O) groups is 2. The summed E-state index contributed by atoms with van der Waals surface area (Å²) in [5, 5.41) is 8.37. The minimum atomic E-state index is -1.07. The Hall–Kier alpha value is -1.16. The summed E-state index contributed by atoms with van der Waals surface area (Å²) in [6, 6.07) is -0.932. The van der Waals surface area contributed by atoms with Gasteiger partial charge in [-0.1, -0.05) is 6.08 Å². The van der Waals surface area contributed by atoms with E-state index < -0.39 is 12.0 Å². The van der Waals surface area contributed by atoms with E-state index in [0.717, 1.165) is 0 Å². The number of nitrogens with two attached hydrogens (primary N) is 1. The number of carbonyl (C=O) groups excluding carboxylic acids is 1. The van der Waals surface area contributed by atoms with Crippen LogP contribution >= 0.6 is 0 Å². The molecule has 0 aliphatic rings. The molecule has 0 bridgehead atoms. The molecule has 0 aromatic heterocycles. The molecule has 1 atom stereocenters. The van der Waals surface area contributed by atoms with Crippen LogP contribution in [0.3, 0.4) is 0 Å². The van der Waals surface area contributed by atoms with Gasteiger partial charge in [0.05, 0.1) is 0 Å². The van der Waals surface area contributed by atoms with Crippen LogP contribution < -0.4 is 5.73 Å². The summed E-state index contributed by atoms with van der Waals surface area (Å²) in [6.07, 6.45) is 2.18. The second kappa shape index (κ2) is 5.49. The monoisotopic (exact) mass is 171 g/mol. The molecule has 0 unspecified atom stereocenters. The van der Waals surface area contributed by atoms with Gasteiger partial charge in [0.1, 0.15) is 11.8 Å². The maximum Gasteiger partial charge on any atom is 0.320 e. The molecule has 0 heterocycles. The Morgan fingerprint density at radius 3 is 2.58 bits per heavy atom. The highest BCUT2D eigenvalue weighted by Crippen LogP contribution is 1.98. The number of aliphatic carboxylic acids is 1. The van der Waals surface area contributed by atoms with Crippen molar-refractivity contribution in [2.75, 3.05) is 0 Å². The summed E-state index contributed by atoms with van der Waals surface area (Å²) in [6.45, 7) is 3.39. The molecule has 0 rings (SSSR count). The molecule has 4 heteroatoms. The molecule has 0 aliphatic heterocycles. The third-order valence-corrected chi connectivity index (χ3v) is 1.42. The third kappa shape index (κ3) is 4.62. The van der Waals surface area contributed by atoms with Gasteiger partial charge in [-0.2, -0.15) is 0 Å². The Morgan fingerprint density at radius 2 is 2.17 bits per heavy atom. The van der Waals surface area contributed by atoms with E-state index in [0.29, 0.717) is 0 Å². The first-order valence-corrected chi connectivity index (χ1v) is 3.69. The molecular formula is C8H13NO3. The van der Waals surface area contributed by atoms with Crippen molar-refractivity contribution < 1.29 is 14.7 Å². The largest absolute Gasteiger partial charge is 0.480 e. The highest BCUT2D eigenvalue weighted by atomic mass is 16.4. The van der Waals surface area contributed by atoms with Crippen molar-refractivity contribution in [3.63, 3.8) is 0 Å². The predicted molar refractivity (Wildman–Crippen MR) is 44.7 cm³/mol. The van der Waals surface area contributed by atoms with Crippen LogP contribution in [-0.2, 0) is 9.59 Å². The molecule has 68 valence electrons. The lowest BCUT2D eigenvalue weighted by molar-refractivity contribution is -0.138. The third-order valence-electron chi connectivity index (χ3n) is 1.42. The molecule has 0 radical (unpaired) electrons. The van der Waals surface area contributed by atoms with E-state index in [1.165, 1.54) is 6.08 Å². The SMILES string of the molecule is C=CCC(=O)CC[C@H](N)C(=O)O. The van der Waals surface area contributed by atoms with E-state index in [1.54, 1.807) is 0 Å². The second-order valence-electron chi connectivity index (χ2n) is 2.51. The molecule has 12 heavy (non-hydrogen) atoms. The summed E-state index contributed by atoms with van der Waals surface area (Å²) in [4.78, 5) is 21.1. The van der Waals surface area contributed by atoms with Gasteiger partial charge in [0.15, 0.2) is 0 Å². The van der Waals surface area contributed by atoms with E-state index in [1.807, 2.05) is 0 Å².